The maximum atomic E-state index is 12.0. The highest BCUT2D eigenvalue weighted by Crippen LogP contribution is 2.29. The highest BCUT2D eigenvalue weighted by molar-refractivity contribution is 7.99. The van der Waals surface area contributed by atoms with E-state index in [1.807, 2.05) is 39.0 Å². The quantitative estimate of drug-likeness (QED) is 0.339. The van der Waals surface area contributed by atoms with E-state index >= 15 is 0 Å². The van der Waals surface area contributed by atoms with Gasteiger partial charge in [0.05, 0.1) is 19.1 Å². The molecule has 144 valence electrons. The second-order valence-electron chi connectivity index (χ2n) is 6.62. The number of amides is 1. The highest BCUT2D eigenvalue weighted by Gasteiger charge is 2.10. The third-order valence-corrected chi connectivity index (χ3v) is 4.77. The molecule has 0 fully saturated rings. The Bertz CT molecular complexity index is 830. The van der Waals surface area contributed by atoms with Crippen molar-refractivity contribution in [2.24, 2.45) is 5.10 Å². The molecule has 0 aliphatic carbocycles. The first-order valence-electron chi connectivity index (χ1n) is 8.75. The zero-order chi connectivity index (χ0) is 20.0. The molecule has 7 heteroatoms. The van der Waals surface area contributed by atoms with Crippen molar-refractivity contribution in [2.75, 3.05) is 12.9 Å². The van der Waals surface area contributed by atoms with Crippen molar-refractivity contribution in [1.82, 2.24) is 15.4 Å². The van der Waals surface area contributed by atoms with Crippen LogP contribution in [0.1, 0.15) is 47.8 Å². The van der Waals surface area contributed by atoms with Gasteiger partial charge in [0.2, 0.25) is 0 Å². The number of nitrogens with one attached hydrogen (secondary N) is 1. The van der Waals surface area contributed by atoms with Gasteiger partial charge < -0.3 is 4.74 Å². The zero-order valence-corrected chi connectivity index (χ0v) is 17.5. The summed E-state index contributed by atoms with van der Waals surface area (Å²) in [6.07, 6.45) is 1.66. The Hall–Kier alpha value is -2.41. The SMILES string of the molecule is COc1cc(C)c(/C=N\NC(=O)CSc2nc(C)cc(C)n2)cc1C(C)C. The Balaban J connectivity index is 1.98. The second-order valence-corrected chi connectivity index (χ2v) is 7.56. The van der Waals surface area contributed by atoms with E-state index in [0.29, 0.717) is 11.1 Å². The minimum atomic E-state index is -0.200. The lowest BCUT2D eigenvalue weighted by atomic mass is 9.97. The lowest BCUT2D eigenvalue weighted by Crippen LogP contribution is -2.20. The van der Waals surface area contributed by atoms with Crippen molar-refractivity contribution in [3.8, 4) is 5.75 Å². The number of methoxy groups -OCH3 is 1. The number of hydrogen-bond donors (Lipinski definition) is 1. The van der Waals surface area contributed by atoms with Crippen molar-refractivity contribution in [3.05, 3.63) is 46.3 Å². The molecular formula is C20H26N4O2S. The minimum absolute atomic E-state index is 0.200. The van der Waals surface area contributed by atoms with E-state index in [0.717, 1.165) is 33.8 Å². The van der Waals surface area contributed by atoms with E-state index in [1.165, 1.54) is 11.8 Å². The third kappa shape index (κ3) is 6.06. The Labute approximate surface area is 164 Å². The monoisotopic (exact) mass is 386 g/mol. The van der Waals surface area contributed by atoms with Crippen molar-refractivity contribution in [1.29, 1.82) is 0 Å². The van der Waals surface area contributed by atoms with Crippen LogP contribution < -0.4 is 10.2 Å². The Morgan fingerprint density at radius 1 is 1.22 bits per heavy atom. The minimum Gasteiger partial charge on any atom is -0.496 e. The van der Waals surface area contributed by atoms with Crippen LogP contribution >= 0.6 is 11.8 Å². The largest absolute Gasteiger partial charge is 0.496 e. The molecule has 0 radical (unpaired) electrons. The standard InChI is InChI=1S/C20H26N4O2S/c1-12(2)17-9-16(13(3)7-18(17)26-6)10-21-24-19(25)11-27-20-22-14(4)8-15(5)23-20/h7-10,12H,11H2,1-6H3,(H,24,25)/b21-10-. The maximum Gasteiger partial charge on any atom is 0.250 e. The number of aromatic nitrogens is 2. The van der Waals surface area contributed by atoms with Gasteiger partial charge in [-0.15, -0.1) is 0 Å². The molecule has 0 saturated carbocycles. The molecule has 0 spiro atoms. The van der Waals surface area contributed by atoms with Crippen LogP contribution in [0.25, 0.3) is 0 Å². The summed E-state index contributed by atoms with van der Waals surface area (Å²) in [6.45, 7) is 10.0. The number of rotatable bonds is 7. The van der Waals surface area contributed by atoms with Gasteiger partial charge in [0.25, 0.3) is 5.91 Å². The average molecular weight is 387 g/mol. The molecule has 0 saturated heterocycles. The number of carbonyl (C=O) groups excluding carboxylic acids is 1. The van der Waals surface area contributed by atoms with E-state index in [2.05, 4.69) is 34.3 Å². The first kappa shape index (κ1) is 20.9. The summed E-state index contributed by atoms with van der Waals surface area (Å²) in [5, 5.41) is 4.68. The summed E-state index contributed by atoms with van der Waals surface area (Å²) in [7, 11) is 1.67. The van der Waals surface area contributed by atoms with Crippen LogP contribution in [-0.4, -0.2) is 35.0 Å². The normalized spacial score (nSPS) is 11.2. The lowest BCUT2D eigenvalue weighted by molar-refractivity contribution is -0.118. The molecule has 1 aromatic heterocycles. The number of hydrazone groups is 1. The molecular weight excluding hydrogens is 360 g/mol. The summed E-state index contributed by atoms with van der Waals surface area (Å²) in [4.78, 5) is 20.6. The molecule has 1 aromatic carbocycles. The molecule has 0 aliphatic heterocycles. The van der Waals surface area contributed by atoms with Gasteiger partial charge in [-0.3, -0.25) is 4.79 Å². The van der Waals surface area contributed by atoms with E-state index < -0.39 is 0 Å². The first-order chi connectivity index (χ1) is 12.8. The van der Waals surface area contributed by atoms with Crippen LogP contribution in [0.3, 0.4) is 0 Å². The molecule has 2 aromatic rings. The molecule has 0 bridgehead atoms. The maximum absolute atomic E-state index is 12.0. The van der Waals surface area contributed by atoms with E-state index in [-0.39, 0.29) is 11.7 Å². The average Bonchev–Trinajstić information content (AvgIpc) is 2.60. The highest BCUT2D eigenvalue weighted by atomic mass is 32.2. The van der Waals surface area contributed by atoms with Gasteiger partial charge in [0.1, 0.15) is 5.75 Å². The molecule has 27 heavy (non-hydrogen) atoms. The van der Waals surface area contributed by atoms with Crippen LogP contribution in [-0.2, 0) is 4.79 Å². The van der Waals surface area contributed by atoms with Gasteiger partial charge in [-0.25, -0.2) is 15.4 Å². The van der Waals surface area contributed by atoms with Crippen LogP contribution in [0.4, 0.5) is 0 Å². The van der Waals surface area contributed by atoms with Crippen LogP contribution in [0.2, 0.25) is 0 Å². The zero-order valence-electron chi connectivity index (χ0n) is 16.7. The van der Waals surface area contributed by atoms with Crippen LogP contribution in [0, 0.1) is 20.8 Å². The number of thioether (sulfide) groups is 1. The number of carbonyl (C=O) groups is 1. The van der Waals surface area contributed by atoms with Crippen LogP contribution in [0.15, 0.2) is 28.5 Å². The molecule has 6 nitrogen and oxygen atoms in total. The van der Waals surface area contributed by atoms with Crippen molar-refractivity contribution < 1.29 is 9.53 Å². The molecule has 0 aliphatic rings. The molecule has 1 amide bonds. The molecule has 0 atom stereocenters. The predicted molar refractivity (Wildman–Crippen MR) is 110 cm³/mol. The summed E-state index contributed by atoms with van der Waals surface area (Å²) < 4.78 is 5.45. The first-order valence-corrected chi connectivity index (χ1v) is 9.74. The molecule has 2 rings (SSSR count). The number of ether oxygens (including phenoxy) is 1. The number of aryl methyl sites for hydroxylation is 3. The predicted octanol–water partition coefficient (Wildman–Crippen LogP) is 3.78. The molecule has 0 unspecified atom stereocenters. The number of hydrogen-bond acceptors (Lipinski definition) is 6. The van der Waals surface area contributed by atoms with Crippen molar-refractivity contribution in [2.45, 2.75) is 45.7 Å². The fourth-order valence-corrected chi connectivity index (χ4v) is 3.32. The van der Waals surface area contributed by atoms with E-state index in [4.69, 9.17) is 4.74 Å². The summed E-state index contributed by atoms with van der Waals surface area (Å²) in [5.41, 5.74) is 7.43. The lowest BCUT2D eigenvalue weighted by Gasteiger charge is -2.14. The second kappa shape index (κ2) is 9.50. The van der Waals surface area contributed by atoms with Gasteiger partial charge in [-0.2, -0.15) is 5.10 Å². The third-order valence-electron chi connectivity index (χ3n) is 3.93. The fourth-order valence-electron chi connectivity index (χ4n) is 2.58. The summed E-state index contributed by atoms with van der Waals surface area (Å²) >= 11 is 1.29. The van der Waals surface area contributed by atoms with Gasteiger partial charge in [-0.1, -0.05) is 25.6 Å². The van der Waals surface area contributed by atoms with Crippen LogP contribution in [0.5, 0.6) is 5.75 Å². The van der Waals surface area contributed by atoms with Gasteiger partial charge in [0.15, 0.2) is 5.16 Å². The van der Waals surface area contributed by atoms with Gasteiger partial charge in [-0.05, 0) is 61.6 Å². The van der Waals surface area contributed by atoms with Crippen molar-refractivity contribution >= 4 is 23.9 Å². The van der Waals surface area contributed by atoms with E-state index in [9.17, 15) is 4.79 Å². The summed E-state index contributed by atoms with van der Waals surface area (Å²) in [5.74, 6) is 1.21. The smallest absolute Gasteiger partial charge is 0.250 e. The molecule has 1 heterocycles. The number of nitrogens with zero attached hydrogens (tertiary/aromatic N) is 3. The Kier molecular flexibility index (Phi) is 7.36. The van der Waals surface area contributed by atoms with Gasteiger partial charge in [0, 0.05) is 11.4 Å². The van der Waals surface area contributed by atoms with Crippen molar-refractivity contribution in [3.63, 3.8) is 0 Å². The topological polar surface area (TPSA) is 76.5 Å². The van der Waals surface area contributed by atoms with Gasteiger partial charge >= 0.3 is 0 Å². The Morgan fingerprint density at radius 3 is 2.48 bits per heavy atom. The molecule has 1 N–H and O–H groups in total. The number of benzene rings is 1. The Morgan fingerprint density at radius 2 is 1.89 bits per heavy atom. The fraction of sp³-hybridized carbons (Fsp3) is 0.400. The summed E-state index contributed by atoms with van der Waals surface area (Å²) in [6, 6.07) is 5.94. The van der Waals surface area contributed by atoms with E-state index in [1.54, 1.807) is 13.3 Å².